The van der Waals surface area contributed by atoms with Crippen LogP contribution in [0.15, 0.2) is 24.8 Å². The molecule has 17 heavy (non-hydrogen) atoms. The molecule has 0 bridgehead atoms. The summed E-state index contributed by atoms with van der Waals surface area (Å²) < 4.78 is 5.15. The van der Waals surface area contributed by atoms with Crippen molar-refractivity contribution in [1.82, 2.24) is 4.90 Å². The lowest BCUT2D eigenvalue weighted by molar-refractivity contribution is -0.131. The first-order valence-electron chi connectivity index (χ1n) is 5.10. The van der Waals surface area contributed by atoms with Crippen molar-refractivity contribution in [2.45, 2.75) is 0 Å². The second-order valence-corrected chi connectivity index (χ2v) is 3.40. The van der Waals surface area contributed by atoms with Crippen LogP contribution in [0.4, 0.5) is 0 Å². The number of ether oxygens (including phenoxy) is 1. The van der Waals surface area contributed by atoms with Gasteiger partial charge >= 0.3 is 5.97 Å². The summed E-state index contributed by atoms with van der Waals surface area (Å²) >= 11 is 0. The van der Waals surface area contributed by atoms with E-state index in [1.54, 1.807) is 0 Å². The average molecular weight is 242 g/mol. The van der Waals surface area contributed by atoms with E-state index in [1.807, 2.05) is 0 Å². The summed E-state index contributed by atoms with van der Waals surface area (Å²) in [6.07, 6.45) is 0.833. The lowest BCUT2D eigenvalue weighted by Crippen LogP contribution is -2.39. The lowest BCUT2D eigenvalue weighted by atomic mass is 10.2. The molecule has 96 valence electrons. The Morgan fingerprint density at radius 1 is 1.41 bits per heavy atom. The second kappa shape index (κ2) is 8.49. The number of amides is 1. The van der Waals surface area contributed by atoms with E-state index in [1.165, 1.54) is 0 Å². The molecular weight excluding hydrogens is 224 g/mol. The molecule has 1 fully saturated rings. The van der Waals surface area contributed by atoms with Gasteiger partial charge in [0.15, 0.2) is 0 Å². The maximum Gasteiger partial charge on any atom is 0.327 e. The van der Waals surface area contributed by atoms with Gasteiger partial charge in [-0.15, -0.1) is 0 Å². The third-order valence-electron chi connectivity index (χ3n) is 2.04. The van der Waals surface area contributed by atoms with Crippen LogP contribution in [0.2, 0.25) is 0 Å². The number of morpholine rings is 1. The predicted molar refractivity (Wildman–Crippen MR) is 63.4 cm³/mol. The molecule has 1 rings (SSSR count). The van der Waals surface area contributed by atoms with E-state index < -0.39 is 11.9 Å². The van der Waals surface area contributed by atoms with Crippen molar-refractivity contribution in [3.05, 3.63) is 24.8 Å². The van der Waals surface area contributed by atoms with Gasteiger partial charge in [0, 0.05) is 31.3 Å². The third-order valence-corrected chi connectivity index (χ3v) is 2.04. The summed E-state index contributed by atoms with van der Waals surface area (Å²) in [6.45, 7) is 10.3. The van der Waals surface area contributed by atoms with Crippen molar-refractivity contribution >= 4 is 11.9 Å². The Morgan fingerprint density at radius 3 is 2.24 bits per heavy atom. The summed E-state index contributed by atoms with van der Waals surface area (Å²) in [5, 5.41) is 7.60. The zero-order valence-electron chi connectivity index (χ0n) is 9.72. The molecule has 3 N–H and O–H groups in total. The minimum absolute atomic E-state index is 0.415. The van der Waals surface area contributed by atoms with Gasteiger partial charge in [0.05, 0.1) is 13.2 Å². The molecule has 0 unspecified atom stereocenters. The molecule has 0 radical (unpaired) electrons. The molecule has 1 aliphatic heterocycles. The maximum atomic E-state index is 10.6. The van der Waals surface area contributed by atoms with Gasteiger partial charge < -0.3 is 15.6 Å². The Kier molecular flexibility index (Phi) is 7.66. The normalized spacial score (nSPS) is 15.3. The molecule has 0 atom stereocenters. The molecule has 0 aromatic heterocycles. The standard InChI is InChI=1S/C8H14N2O2.C3H4O2/c1-7(8(9)11)6-10-2-4-12-5-3-10;1-2-3(4)5/h1-6H2,(H2,9,11);2H,1H2,(H,4,5). The highest BCUT2D eigenvalue weighted by molar-refractivity contribution is 5.91. The van der Waals surface area contributed by atoms with E-state index in [4.69, 9.17) is 15.6 Å². The fraction of sp³-hybridized carbons (Fsp3) is 0.455. The number of hydrogen-bond acceptors (Lipinski definition) is 4. The molecule has 0 aromatic carbocycles. The number of hydrogen-bond donors (Lipinski definition) is 2. The fourth-order valence-electron chi connectivity index (χ4n) is 1.11. The van der Waals surface area contributed by atoms with Gasteiger partial charge in [-0.2, -0.15) is 0 Å². The Morgan fingerprint density at radius 2 is 1.88 bits per heavy atom. The Hall–Kier alpha value is -1.66. The molecule has 1 amide bonds. The van der Waals surface area contributed by atoms with Crippen molar-refractivity contribution in [3.63, 3.8) is 0 Å². The summed E-state index contributed by atoms with van der Waals surface area (Å²) in [6, 6.07) is 0. The first kappa shape index (κ1) is 15.3. The predicted octanol–water partition coefficient (Wildman–Crippen LogP) is -0.383. The highest BCUT2D eigenvalue weighted by atomic mass is 16.5. The lowest BCUT2D eigenvalue weighted by Gasteiger charge is -2.26. The summed E-state index contributed by atoms with van der Waals surface area (Å²) in [4.78, 5) is 22.0. The minimum Gasteiger partial charge on any atom is -0.478 e. The molecule has 0 saturated carbocycles. The number of aliphatic carboxylic acids is 1. The number of carboxylic acids is 1. The molecule has 0 aliphatic carbocycles. The van der Waals surface area contributed by atoms with Crippen molar-refractivity contribution in [1.29, 1.82) is 0 Å². The average Bonchev–Trinajstić information content (AvgIpc) is 2.31. The zero-order chi connectivity index (χ0) is 13.3. The van der Waals surface area contributed by atoms with Crippen LogP contribution in [0.3, 0.4) is 0 Å². The van der Waals surface area contributed by atoms with Crippen LogP contribution in [0, 0.1) is 0 Å². The summed E-state index contributed by atoms with van der Waals surface area (Å²) in [7, 11) is 0. The Balaban J connectivity index is 0.000000437. The van der Waals surface area contributed by atoms with Gasteiger partial charge in [-0.05, 0) is 0 Å². The van der Waals surface area contributed by atoms with E-state index >= 15 is 0 Å². The Bertz CT molecular complexity index is 296. The van der Waals surface area contributed by atoms with Gasteiger partial charge in [0.1, 0.15) is 0 Å². The van der Waals surface area contributed by atoms with Crippen LogP contribution in [0.1, 0.15) is 0 Å². The van der Waals surface area contributed by atoms with Gasteiger partial charge in [0.25, 0.3) is 0 Å². The van der Waals surface area contributed by atoms with Crippen LogP contribution < -0.4 is 5.73 Å². The smallest absolute Gasteiger partial charge is 0.327 e. The highest BCUT2D eigenvalue weighted by Crippen LogP contribution is 2.00. The SMILES string of the molecule is C=C(CN1CCOCC1)C(N)=O.C=CC(=O)O. The van der Waals surface area contributed by atoms with Crippen LogP contribution >= 0.6 is 0 Å². The van der Waals surface area contributed by atoms with Crippen molar-refractivity contribution < 1.29 is 19.4 Å². The van der Waals surface area contributed by atoms with Crippen LogP contribution in [0.25, 0.3) is 0 Å². The number of nitrogens with zero attached hydrogens (tertiary/aromatic N) is 1. The number of carboxylic acid groups (broad SMARTS) is 1. The number of primary amides is 1. The highest BCUT2D eigenvalue weighted by Gasteiger charge is 2.12. The van der Waals surface area contributed by atoms with E-state index in [9.17, 15) is 9.59 Å². The van der Waals surface area contributed by atoms with Crippen molar-refractivity contribution in [2.24, 2.45) is 5.73 Å². The number of rotatable bonds is 4. The minimum atomic E-state index is -0.981. The van der Waals surface area contributed by atoms with Crippen molar-refractivity contribution in [3.8, 4) is 0 Å². The monoisotopic (exact) mass is 242 g/mol. The largest absolute Gasteiger partial charge is 0.478 e. The van der Waals surface area contributed by atoms with Crippen molar-refractivity contribution in [2.75, 3.05) is 32.8 Å². The second-order valence-electron chi connectivity index (χ2n) is 3.40. The van der Waals surface area contributed by atoms with E-state index in [0.717, 1.165) is 32.4 Å². The van der Waals surface area contributed by atoms with E-state index in [-0.39, 0.29) is 0 Å². The van der Waals surface area contributed by atoms with Gasteiger partial charge in [-0.3, -0.25) is 9.69 Å². The first-order chi connectivity index (χ1) is 7.97. The maximum absolute atomic E-state index is 10.6. The van der Waals surface area contributed by atoms with Crippen LogP contribution in [-0.2, 0) is 14.3 Å². The van der Waals surface area contributed by atoms with Crippen LogP contribution in [-0.4, -0.2) is 54.7 Å². The zero-order valence-corrected chi connectivity index (χ0v) is 9.72. The van der Waals surface area contributed by atoms with E-state index in [0.29, 0.717) is 12.1 Å². The molecule has 0 aromatic rings. The molecule has 1 heterocycles. The number of carbonyl (C=O) groups is 2. The van der Waals surface area contributed by atoms with Gasteiger partial charge in [-0.25, -0.2) is 4.79 Å². The quantitative estimate of drug-likeness (QED) is 0.655. The topological polar surface area (TPSA) is 92.9 Å². The number of carbonyl (C=O) groups excluding carboxylic acids is 1. The molecule has 0 spiro atoms. The molecule has 1 aliphatic rings. The van der Waals surface area contributed by atoms with Gasteiger partial charge in [-0.1, -0.05) is 13.2 Å². The Labute approximate surface area is 100 Å². The number of nitrogens with two attached hydrogens (primary N) is 1. The first-order valence-corrected chi connectivity index (χ1v) is 5.10. The summed E-state index contributed by atoms with van der Waals surface area (Å²) in [5.41, 5.74) is 5.53. The van der Waals surface area contributed by atoms with Crippen LogP contribution in [0.5, 0.6) is 0 Å². The fourth-order valence-corrected chi connectivity index (χ4v) is 1.11. The summed E-state index contributed by atoms with van der Waals surface area (Å²) in [5.74, 6) is -1.40. The third kappa shape index (κ3) is 8.18. The molecule has 6 nitrogen and oxygen atoms in total. The van der Waals surface area contributed by atoms with Gasteiger partial charge in [0.2, 0.25) is 5.91 Å². The molecular formula is C11H18N2O4. The molecule has 1 saturated heterocycles. The van der Waals surface area contributed by atoms with E-state index in [2.05, 4.69) is 18.1 Å². The molecule has 6 heteroatoms.